The lowest BCUT2D eigenvalue weighted by Gasteiger charge is -2.28. The van der Waals surface area contributed by atoms with E-state index in [4.69, 9.17) is 12.2 Å². The summed E-state index contributed by atoms with van der Waals surface area (Å²) in [4.78, 5) is 6.95. The van der Waals surface area contributed by atoms with Crippen LogP contribution in [0.3, 0.4) is 0 Å². The highest BCUT2D eigenvalue weighted by Gasteiger charge is 2.41. The van der Waals surface area contributed by atoms with Gasteiger partial charge in [-0.05, 0) is 80.5 Å². The molecule has 0 amide bonds. The number of nitrogens with zero attached hydrogens (tertiary/aromatic N) is 3. The van der Waals surface area contributed by atoms with E-state index in [0.29, 0.717) is 0 Å². The van der Waals surface area contributed by atoms with Crippen molar-refractivity contribution < 1.29 is 5.11 Å². The van der Waals surface area contributed by atoms with E-state index in [1.807, 2.05) is 54.7 Å². The minimum Gasteiger partial charge on any atom is -0.506 e. The second-order valence-electron chi connectivity index (χ2n) is 9.12. The Bertz CT molecular complexity index is 1340. The van der Waals surface area contributed by atoms with Crippen LogP contribution in [0.15, 0.2) is 85.1 Å². The summed E-state index contributed by atoms with van der Waals surface area (Å²) in [6.45, 7) is 5.84. The normalized spacial score (nSPS) is 17.3. The lowest BCUT2D eigenvalue weighted by Crippen LogP contribution is -2.31. The fraction of sp³-hybridized carbons (Fsp3) is 0.241. The number of hydrogen-bond acceptors (Lipinski definition) is 4. The van der Waals surface area contributed by atoms with Gasteiger partial charge in [-0.1, -0.05) is 36.4 Å². The maximum absolute atomic E-state index is 10.6. The molecule has 2 aromatic heterocycles. The standard InChI is InChI=1S/C29H31N5OS/c1-20-19-23(21(2)34(20)25-14-6-7-15-26(25)35)28-27(24-13-8-9-16-31-24)32-29(36)33(28)18-10-17-30-22-11-4-3-5-12-22/h3-9,11-16,19,27-28,30,35H,10,17-18H2,1-2H3,(H,32,36)/t27-,28+/m0/s1. The number of phenols is 1. The van der Waals surface area contributed by atoms with Crippen molar-refractivity contribution in [1.82, 2.24) is 19.8 Å². The van der Waals surface area contributed by atoms with Crippen LogP contribution < -0.4 is 10.6 Å². The SMILES string of the molecule is Cc1cc([C@@H]2[C@H](c3ccccn3)NC(=S)N2CCCNc2ccccc2)c(C)n1-c1ccccc1O. The topological polar surface area (TPSA) is 65.4 Å². The maximum atomic E-state index is 10.6. The van der Waals surface area contributed by atoms with Gasteiger partial charge in [0, 0.05) is 36.4 Å². The number of para-hydroxylation sites is 3. The number of aryl methyl sites for hydroxylation is 1. The molecule has 36 heavy (non-hydrogen) atoms. The highest BCUT2D eigenvalue weighted by molar-refractivity contribution is 7.80. The third kappa shape index (κ3) is 4.66. The Morgan fingerprint density at radius 2 is 1.75 bits per heavy atom. The third-order valence-corrected chi connectivity index (χ3v) is 7.14. The van der Waals surface area contributed by atoms with Gasteiger partial charge in [0.05, 0.1) is 23.5 Å². The van der Waals surface area contributed by atoms with E-state index in [1.165, 1.54) is 5.56 Å². The zero-order chi connectivity index (χ0) is 25.1. The zero-order valence-electron chi connectivity index (χ0n) is 20.6. The predicted molar refractivity (Wildman–Crippen MR) is 149 cm³/mol. The molecule has 7 heteroatoms. The van der Waals surface area contributed by atoms with E-state index in [0.717, 1.165) is 53.1 Å². The molecule has 4 aromatic rings. The summed E-state index contributed by atoms with van der Waals surface area (Å²) in [6.07, 6.45) is 2.76. The number of benzene rings is 2. The molecule has 6 nitrogen and oxygen atoms in total. The smallest absolute Gasteiger partial charge is 0.170 e. The number of aromatic nitrogens is 2. The van der Waals surface area contributed by atoms with Gasteiger partial charge in [0.2, 0.25) is 0 Å². The Hall–Kier alpha value is -3.84. The van der Waals surface area contributed by atoms with E-state index >= 15 is 0 Å². The van der Waals surface area contributed by atoms with Crippen molar-refractivity contribution in [3.8, 4) is 11.4 Å². The highest BCUT2D eigenvalue weighted by atomic mass is 32.1. The molecule has 0 unspecified atom stereocenters. The van der Waals surface area contributed by atoms with E-state index in [-0.39, 0.29) is 17.8 Å². The molecule has 5 rings (SSSR count). The molecule has 0 saturated carbocycles. The largest absolute Gasteiger partial charge is 0.506 e. The Morgan fingerprint density at radius 1 is 1.00 bits per heavy atom. The monoisotopic (exact) mass is 497 g/mol. The molecular formula is C29H31N5OS. The molecule has 184 valence electrons. The molecular weight excluding hydrogens is 466 g/mol. The van der Waals surface area contributed by atoms with Crippen LogP contribution in [0.5, 0.6) is 5.75 Å². The number of nitrogens with one attached hydrogen (secondary N) is 2. The molecule has 1 aliphatic rings. The van der Waals surface area contributed by atoms with Crippen molar-refractivity contribution in [3.63, 3.8) is 0 Å². The number of aromatic hydroxyl groups is 1. The van der Waals surface area contributed by atoms with Crippen molar-refractivity contribution in [2.75, 3.05) is 18.4 Å². The Labute approximate surface area is 217 Å². The lowest BCUT2D eigenvalue weighted by atomic mass is 9.96. The van der Waals surface area contributed by atoms with Crippen LogP contribution in [0.2, 0.25) is 0 Å². The number of hydrogen-bond donors (Lipinski definition) is 3. The average molecular weight is 498 g/mol. The Balaban J connectivity index is 1.46. The molecule has 0 aliphatic carbocycles. The fourth-order valence-electron chi connectivity index (χ4n) is 5.13. The zero-order valence-corrected chi connectivity index (χ0v) is 21.4. The molecule has 0 spiro atoms. The quantitative estimate of drug-likeness (QED) is 0.215. The second-order valence-corrected chi connectivity index (χ2v) is 9.50. The molecule has 1 saturated heterocycles. The molecule has 2 aromatic carbocycles. The van der Waals surface area contributed by atoms with Crippen LogP contribution in [0.25, 0.3) is 5.69 Å². The summed E-state index contributed by atoms with van der Waals surface area (Å²) in [5.74, 6) is 0.260. The van der Waals surface area contributed by atoms with E-state index in [1.54, 1.807) is 6.07 Å². The van der Waals surface area contributed by atoms with Crippen LogP contribution in [-0.4, -0.2) is 37.8 Å². The van der Waals surface area contributed by atoms with Crippen molar-refractivity contribution in [1.29, 1.82) is 0 Å². The van der Waals surface area contributed by atoms with Gasteiger partial charge >= 0.3 is 0 Å². The van der Waals surface area contributed by atoms with Crippen LogP contribution in [0, 0.1) is 13.8 Å². The van der Waals surface area contributed by atoms with Crippen LogP contribution >= 0.6 is 12.2 Å². The predicted octanol–water partition coefficient (Wildman–Crippen LogP) is 5.67. The molecule has 2 atom stereocenters. The average Bonchev–Trinajstić information content (AvgIpc) is 3.38. The van der Waals surface area contributed by atoms with Gasteiger partial charge in [-0.25, -0.2) is 0 Å². The number of anilines is 1. The van der Waals surface area contributed by atoms with Crippen LogP contribution in [-0.2, 0) is 0 Å². The Morgan fingerprint density at radius 3 is 2.50 bits per heavy atom. The summed E-state index contributed by atoms with van der Waals surface area (Å²) in [7, 11) is 0. The van der Waals surface area contributed by atoms with Crippen LogP contribution in [0.4, 0.5) is 5.69 Å². The van der Waals surface area contributed by atoms with Gasteiger partial charge < -0.3 is 25.2 Å². The van der Waals surface area contributed by atoms with Crippen molar-refractivity contribution in [2.24, 2.45) is 0 Å². The van der Waals surface area contributed by atoms with E-state index < -0.39 is 0 Å². The number of rotatable bonds is 8. The van der Waals surface area contributed by atoms with Crippen LogP contribution in [0.1, 0.15) is 41.1 Å². The minimum absolute atomic E-state index is 0.0186. The third-order valence-electron chi connectivity index (χ3n) is 6.79. The number of phenolic OH excluding ortho intramolecular Hbond substituents is 1. The summed E-state index contributed by atoms with van der Waals surface area (Å²) in [5.41, 5.74) is 6.18. The summed E-state index contributed by atoms with van der Waals surface area (Å²) < 4.78 is 2.12. The number of pyridine rings is 1. The number of thiocarbonyl (C=S) groups is 1. The van der Waals surface area contributed by atoms with Gasteiger partial charge in [-0.2, -0.15) is 0 Å². The maximum Gasteiger partial charge on any atom is 0.170 e. The molecule has 0 bridgehead atoms. The van der Waals surface area contributed by atoms with E-state index in [9.17, 15) is 5.11 Å². The van der Waals surface area contributed by atoms with Crippen molar-refractivity contribution in [2.45, 2.75) is 32.4 Å². The van der Waals surface area contributed by atoms with Gasteiger partial charge in [0.25, 0.3) is 0 Å². The molecule has 3 N–H and O–H groups in total. The summed E-state index contributed by atoms with van der Waals surface area (Å²) in [6, 6.07) is 25.8. The van der Waals surface area contributed by atoms with Gasteiger partial charge in [0.15, 0.2) is 5.11 Å². The van der Waals surface area contributed by atoms with Gasteiger partial charge in [0.1, 0.15) is 5.75 Å². The minimum atomic E-state index is -0.0703. The molecule has 0 radical (unpaired) electrons. The first-order valence-electron chi connectivity index (χ1n) is 12.3. The lowest BCUT2D eigenvalue weighted by molar-refractivity contribution is 0.315. The first-order chi connectivity index (χ1) is 17.5. The van der Waals surface area contributed by atoms with E-state index in [2.05, 4.69) is 63.2 Å². The highest BCUT2D eigenvalue weighted by Crippen LogP contribution is 2.42. The summed E-state index contributed by atoms with van der Waals surface area (Å²) >= 11 is 5.85. The van der Waals surface area contributed by atoms with Crippen molar-refractivity contribution in [3.05, 3.63) is 108 Å². The first kappa shape index (κ1) is 23.9. The summed E-state index contributed by atoms with van der Waals surface area (Å²) in [5, 5.41) is 18.4. The molecule has 1 fully saturated rings. The second kappa shape index (κ2) is 10.4. The van der Waals surface area contributed by atoms with Gasteiger partial charge in [-0.3, -0.25) is 4.98 Å². The van der Waals surface area contributed by atoms with Crippen molar-refractivity contribution >= 4 is 23.0 Å². The fourth-order valence-corrected chi connectivity index (χ4v) is 5.47. The Kier molecular flexibility index (Phi) is 6.91. The molecule has 1 aliphatic heterocycles. The van der Waals surface area contributed by atoms with Gasteiger partial charge in [-0.15, -0.1) is 0 Å². The first-order valence-corrected chi connectivity index (χ1v) is 12.7. The molecule has 3 heterocycles.